The topological polar surface area (TPSA) is 66.4 Å². The van der Waals surface area contributed by atoms with Crippen LogP contribution in [0.3, 0.4) is 0 Å². The Hall–Kier alpha value is -1.50. The number of hydrogen-bond acceptors (Lipinski definition) is 2. The third-order valence-electron chi connectivity index (χ3n) is 2.39. The van der Waals surface area contributed by atoms with Gasteiger partial charge >= 0.3 is 5.97 Å². The van der Waals surface area contributed by atoms with Crippen LogP contribution < -0.4 is 5.32 Å². The lowest BCUT2D eigenvalue weighted by atomic mass is 9.86. The second kappa shape index (κ2) is 6.95. The Morgan fingerprint density at radius 2 is 1.94 bits per heavy atom. The number of unbranched alkanes of at least 4 members (excludes halogenated alkanes) is 2. The summed E-state index contributed by atoms with van der Waals surface area (Å²) in [6.45, 7) is 5.35. The van der Waals surface area contributed by atoms with E-state index in [-0.39, 0.29) is 5.91 Å². The van der Waals surface area contributed by atoms with Crippen LogP contribution in [0.4, 0.5) is 0 Å². The number of nitrogens with one attached hydrogen (secondary N) is 1. The first-order valence-electron chi connectivity index (χ1n) is 5.74. The third-order valence-corrected chi connectivity index (χ3v) is 2.39. The third kappa shape index (κ3) is 6.62. The van der Waals surface area contributed by atoms with Crippen molar-refractivity contribution in [2.24, 2.45) is 5.41 Å². The van der Waals surface area contributed by atoms with Gasteiger partial charge in [0.15, 0.2) is 0 Å². The maximum absolute atomic E-state index is 11.5. The molecule has 1 amide bonds. The fraction of sp³-hybridized carbons (Fsp3) is 0.692. The molecule has 4 nitrogen and oxygen atoms in total. The van der Waals surface area contributed by atoms with Crippen molar-refractivity contribution in [2.75, 3.05) is 0 Å². The SMILES string of the molecule is C#CCCCCC(=O)NC(C(=O)O)C(C)(C)C. The summed E-state index contributed by atoms with van der Waals surface area (Å²) < 4.78 is 0. The highest BCUT2D eigenvalue weighted by Gasteiger charge is 2.32. The van der Waals surface area contributed by atoms with Crippen molar-refractivity contribution in [3.63, 3.8) is 0 Å². The molecule has 0 heterocycles. The fourth-order valence-electron chi connectivity index (χ4n) is 1.39. The summed E-state index contributed by atoms with van der Waals surface area (Å²) in [7, 11) is 0. The van der Waals surface area contributed by atoms with Crippen LogP contribution in [-0.2, 0) is 9.59 Å². The molecule has 0 radical (unpaired) electrons. The van der Waals surface area contributed by atoms with Crippen LogP contribution in [-0.4, -0.2) is 23.0 Å². The summed E-state index contributed by atoms with van der Waals surface area (Å²) in [4.78, 5) is 22.6. The molecule has 0 aromatic heterocycles. The lowest BCUT2D eigenvalue weighted by Gasteiger charge is -2.27. The molecule has 96 valence electrons. The summed E-state index contributed by atoms with van der Waals surface area (Å²) >= 11 is 0. The standard InChI is InChI=1S/C13H21NO3/c1-5-6-7-8-9-10(15)14-11(12(16)17)13(2,3)4/h1,11H,6-9H2,2-4H3,(H,14,15)(H,16,17). The Kier molecular flexibility index (Phi) is 6.34. The number of carbonyl (C=O) groups is 2. The van der Waals surface area contributed by atoms with E-state index in [0.29, 0.717) is 19.3 Å². The van der Waals surface area contributed by atoms with Gasteiger partial charge in [0.1, 0.15) is 6.04 Å². The van der Waals surface area contributed by atoms with Crippen molar-refractivity contribution in [2.45, 2.75) is 52.5 Å². The van der Waals surface area contributed by atoms with Crippen LogP contribution in [0.5, 0.6) is 0 Å². The summed E-state index contributed by atoms with van der Waals surface area (Å²) in [5, 5.41) is 11.6. The second-order valence-corrected chi connectivity index (χ2v) is 5.12. The van der Waals surface area contributed by atoms with Gasteiger partial charge in [-0.25, -0.2) is 4.79 Å². The van der Waals surface area contributed by atoms with E-state index in [9.17, 15) is 9.59 Å². The minimum absolute atomic E-state index is 0.232. The molecule has 0 aliphatic carbocycles. The maximum atomic E-state index is 11.5. The molecule has 0 saturated heterocycles. The molecular weight excluding hydrogens is 218 g/mol. The molecule has 17 heavy (non-hydrogen) atoms. The second-order valence-electron chi connectivity index (χ2n) is 5.12. The molecule has 0 rings (SSSR count). The van der Waals surface area contributed by atoms with E-state index in [0.717, 1.165) is 6.42 Å². The van der Waals surface area contributed by atoms with E-state index in [1.807, 2.05) is 0 Å². The smallest absolute Gasteiger partial charge is 0.326 e. The van der Waals surface area contributed by atoms with Crippen LogP contribution >= 0.6 is 0 Å². The highest BCUT2D eigenvalue weighted by molar-refractivity contribution is 5.84. The summed E-state index contributed by atoms with van der Waals surface area (Å²) in [5.74, 6) is 1.26. The number of amides is 1. The van der Waals surface area contributed by atoms with E-state index >= 15 is 0 Å². The predicted octanol–water partition coefficient (Wildman–Crippen LogP) is 1.80. The van der Waals surface area contributed by atoms with E-state index < -0.39 is 17.4 Å². The lowest BCUT2D eigenvalue weighted by molar-refractivity contribution is -0.144. The van der Waals surface area contributed by atoms with Crippen molar-refractivity contribution >= 4 is 11.9 Å². The number of carbonyl (C=O) groups excluding carboxylic acids is 1. The van der Waals surface area contributed by atoms with Gasteiger partial charge in [0.25, 0.3) is 0 Å². The van der Waals surface area contributed by atoms with Crippen LogP contribution in [0.25, 0.3) is 0 Å². The average molecular weight is 239 g/mol. The largest absolute Gasteiger partial charge is 0.480 e. The Bertz CT molecular complexity index is 310. The van der Waals surface area contributed by atoms with Crippen LogP contribution in [0, 0.1) is 17.8 Å². The Morgan fingerprint density at radius 3 is 2.35 bits per heavy atom. The number of rotatable bonds is 6. The van der Waals surface area contributed by atoms with Gasteiger partial charge in [-0.05, 0) is 18.3 Å². The molecule has 1 unspecified atom stereocenters. The van der Waals surface area contributed by atoms with E-state index in [2.05, 4.69) is 11.2 Å². The van der Waals surface area contributed by atoms with Gasteiger partial charge in [-0.1, -0.05) is 20.8 Å². The van der Waals surface area contributed by atoms with Gasteiger partial charge in [0, 0.05) is 12.8 Å². The molecule has 0 fully saturated rings. The number of carboxylic acid groups (broad SMARTS) is 1. The van der Waals surface area contributed by atoms with Crippen molar-refractivity contribution in [1.82, 2.24) is 5.32 Å². The zero-order valence-electron chi connectivity index (χ0n) is 10.7. The number of hydrogen-bond donors (Lipinski definition) is 2. The molecule has 0 aromatic rings. The molecule has 0 spiro atoms. The first-order chi connectivity index (χ1) is 7.79. The number of terminal acetylenes is 1. The van der Waals surface area contributed by atoms with E-state index in [4.69, 9.17) is 11.5 Å². The Morgan fingerprint density at radius 1 is 1.35 bits per heavy atom. The van der Waals surface area contributed by atoms with E-state index in [1.165, 1.54) is 0 Å². The van der Waals surface area contributed by atoms with Gasteiger partial charge < -0.3 is 10.4 Å². The van der Waals surface area contributed by atoms with Crippen LogP contribution in [0.2, 0.25) is 0 Å². The molecule has 0 saturated carbocycles. The first-order valence-corrected chi connectivity index (χ1v) is 5.74. The molecule has 0 aliphatic heterocycles. The van der Waals surface area contributed by atoms with Crippen molar-refractivity contribution in [1.29, 1.82) is 0 Å². The van der Waals surface area contributed by atoms with Crippen LogP contribution in [0.15, 0.2) is 0 Å². The molecule has 0 aromatic carbocycles. The molecule has 4 heteroatoms. The Balaban J connectivity index is 4.16. The highest BCUT2D eigenvalue weighted by Crippen LogP contribution is 2.19. The van der Waals surface area contributed by atoms with Crippen molar-refractivity contribution in [3.05, 3.63) is 0 Å². The van der Waals surface area contributed by atoms with Crippen LogP contribution in [0.1, 0.15) is 46.5 Å². The molecule has 0 aliphatic rings. The van der Waals surface area contributed by atoms with Crippen molar-refractivity contribution < 1.29 is 14.7 Å². The lowest BCUT2D eigenvalue weighted by Crippen LogP contribution is -2.49. The quantitative estimate of drug-likeness (QED) is 0.548. The minimum Gasteiger partial charge on any atom is -0.480 e. The zero-order valence-corrected chi connectivity index (χ0v) is 10.7. The monoisotopic (exact) mass is 239 g/mol. The Labute approximate surface area is 103 Å². The minimum atomic E-state index is -1.01. The summed E-state index contributed by atoms with van der Waals surface area (Å²) in [6, 6.07) is -0.859. The summed E-state index contributed by atoms with van der Waals surface area (Å²) in [5.41, 5.74) is -0.500. The zero-order chi connectivity index (χ0) is 13.5. The van der Waals surface area contributed by atoms with Gasteiger partial charge in [0.2, 0.25) is 5.91 Å². The van der Waals surface area contributed by atoms with Gasteiger partial charge in [0.05, 0.1) is 0 Å². The predicted molar refractivity (Wildman–Crippen MR) is 66.3 cm³/mol. The normalized spacial score (nSPS) is 12.6. The number of carboxylic acids is 1. The summed E-state index contributed by atoms with van der Waals surface area (Å²) in [6.07, 6.45) is 7.54. The van der Waals surface area contributed by atoms with Gasteiger partial charge in [-0.15, -0.1) is 12.3 Å². The fourth-order valence-corrected chi connectivity index (χ4v) is 1.39. The molecule has 1 atom stereocenters. The molecule has 0 bridgehead atoms. The molecule has 2 N–H and O–H groups in total. The highest BCUT2D eigenvalue weighted by atomic mass is 16.4. The van der Waals surface area contributed by atoms with Gasteiger partial charge in [-0.3, -0.25) is 4.79 Å². The first kappa shape index (κ1) is 15.5. The van der Waals surface area contributed by atoms with E-state index in [1.54, 1.807) is 20.8 Å². The maximum Gasteiger partial charge on any atom is 0.326 e. The average Bonchev–Trinajstić information content (AvgIpc) is 2.19. The molecular formula is C13H21NO3. The van der Waals surface area contributed by atoms with Gasteiger partial charge in [-0.2, -0.15) is 0 Å². The van der Waals surface area contributed by atoms with Crippen molar-refractivity contribution in [3.8, 4) is 12.3 Å². The number of aliphatic carboxylic acids is 1.